The van der Waals surface area contributed by atoms with Gasteiger partial charge in [0.1, 0.15) is 0 Å². The minimum Gasteiger partial charge on any atom is -0.256 e. The molecule has 92 valence electrons. The van der Waals surface area contributed by atoms with E-state index >= 15 is 0 Å². The van der Waals surface area contributed by atoms with Crippen LogP contribution in [0.15, 0.2) is 34.5 Å². The lowest BCUT2D eigenvalue weighted by atomic mass is 10.1. The maximum absolute atomic E-state index is 5.97. The zero-order chi connectivity index (χ0) is 11.7. The maximum Gasteiger partial charge on any atom is 0.0647 e. The molecule has 0 radical (unpaired) electrons. The number of hydrogen-bond acceptors (Lipinski definition) is 1. The lowest BCUT2D eigenvalue weighted by molar-refractivity contribution is 1.22. The van der Waals surface area contributed by atoms with Crippen molar-refractivity contribution in [2.75, 3.05) is 5.88 Å². The first-order valence-electron chi connectivity index (χ1n) is 4.89. The second kappa shape index (κ2) is 6.10. The van der Waals surface area contributed by atoms with E-state index in [-0.39, 0.29) is 12.4 Å². The minimum absolute atomic E-state index is 0. The van der Waals surface area contributed by atoms with Crippen LogP contribution in [-0.4, -0.2) is 11.6 Å². The fourth-order valence-corrected chi connectivity index (χ4v) is 2.22. The molecule has 0 atom stereocenters. The van der Waals surface area contributed by atoms with Crippen molar-refractivity contribution in [3.05, 3.63) is 45.1 Å². The van der Waals surface area contributed by atoms with Crippen molar-refractivity contribution >= 4 is 52.9 Å². The summed E-state index contributed by atoms with van der Waals surface area (Å²) in [6.45, 7) is 2.05. The van der Waals surface area contributed by atoms with Gasteiger partial charge in [-0.05, 0) is 30.2 Å². The van der Waals surface area contributed by atoms with Crippen molar-refractivity contribution in [1.29, 1.82) is 0 Å². The molecule has 1 aliphatic rings. The van der Waals surface area contributed by atoms with Crippen LogP contribution in [0.5, 0.6) is 0 Å². The zero-order valence-electron chi connectivity index (χ0n) is 9.14. The number of aliphatic imine (C=N–C) groups is 1. The third-order valence-electron chi connectivity index (χ3n) is 2.57. The van der Waals surface area contributed by atoms with Crippen molar-refractivity contribution in [3.63, 3.8) is 0 Å². The van der Waals surface area contributed by atoms with Crippen LogP contribution in [0, 0.1) is 0 Å². The van der Waals surface area contributed by atoms with Crippen molar-refractivity contribution in [3.8, 4) is 0 Å². The number of benzene rings is 1. The summed E-state index contributed by atoms with van der Waals surface area (Å²) in [6, 6.07) is 5.56. The Hall–Kier alpha value is -0.210. The summed E-state index contributed by atoms with van der Waals surface area (Å²) in [6.07, 6.45) is 0.833. The smallest absolute Gasteiger partial charge is 0.0647 e. The van der Waals surface area contributed by atoms with Gasteiger partial charge in [-0.25, -0.2) is 0 Å². The number of hydrogen-bond donors (Lipinski definition) is 0. The molecule has 0 aliphatic carbocycles. The van der Waals surface area contributed by atoms with Crippen LogP contribution < -0.4 is 0 Å². The van der Waals surface area contributed by atoms with Crippen LogP contribution in [0.1, 0.15) is 18.9 Å². The van der Waals surface area contributed by atoms with Gasteiger partial charge >= 0.3 is 0 Å². The van der Waals surface area contributed by atoms with Crippen LogP contribution in [0.3, 0.4) is 0 Å². The molecule has 0 bridgehead atoms. The Morgan fingerprint density at radius 1 is 1.24 bits per heavy atom. The topological polar surface area (TPSA) is 12.4 Å². The lowest BCUT2D eigenvalue weighted by Crippen LogP contribution is -1.97. The fraction of sp³-hybridized carbons (Fsp3) is 0.250. The zero-order valence-corrected chi connectivity index (χ0v) is 12.2. The van der Waals surface area contributed by atoms with E-state index in [0.717, 1.165) is 23.4 Å². The third-order valence-corrected chi connectivity index (χ3v) is 3.57. The number of allylic oxidation sites excluding steroid dienone is 2. The minimum atomic E-state index is 0. The average molecular weight is 311 g/mol. The summed E-state index contributed by atoms with van der Waals surface area (Å²) >= 11 is 17.6. The van der Waals surface area contributed by atoms with E-state index < -0.39 is 0 Å². The fourth-order valence-electron chi connectivity index (χ4n) is 1.64. The predicted molar refractivity (Wildman–Crippen MR) is 78.3 cm³/mol. The van der Waals surface area contributed by atoms with Crippen molar-refractivity contribution in [2.24, 2.45) is 4.99 Å². The Morgan fingerprint density at radius 3 is 2.47 bits per heavy atom. The molecular weight excluding hydrogens is 300 g/mol. The van der Waals surface area contributed by atoms with E-state index in [1.807, 2.05) is 19.1 Å². The van der Waals surface area contributed by atoms with Gasteiger partial charge in [0.15, 0.2) is 0 Å². The Balaban J connectivity index is 0.00000144. The van der Waals surface area contributed by atoms with Crippen LogP contribution in [0.2, 0.25) is 10.0 Å². The highest BCUT2D eigenvalue weighted by molar-refractivity contribution is 6.42. The summed E-state index contributed by atoms with van der Waals surface area (Å²) in [5.41, 5.74) is 4.19. The molecule has 1 heterocycles. The summed E-state index contributed by atoms with van der Waals surface area (Å²) in [4.78, 5) is 4.49. The number of rotatable bonds is 2. The number of halogens is 4. The van der Waals surface area contributed by atoms with Crippen molar-refractivity contribution < 1.29 is 0 Å². The molecule has 1 aromatic carbocycles. The molecular formula is C12H11Cl4N. The first-order chi connectivity index (χ1) is 7.61. The van der Waals surface area contributed by atoms with E-state index in [2.05, 4.69) is 4.99 Å². The van der Waals surface area contributed by atoms with Crippen molar-refractivity contribution in [1.82, 2.24) is 0 Å². The highest BCUT2D eigenvalue weighted by Gasteiger charge is 2.15. The normalized spacial score (nSPS) is 14.7. The lowest BCUT2D eigenvalue weighted by Gasteiger charge is -2.02. The predicted octanol–water partition coefficient (Wildman–Crippen LogP) is 5.12. The van der Waals surface area contributed by atoms with E-state index in [9.17, 15) is 0 Å². The Kier molecular flexibility index (Phi) is 5.33. The van der Waals surface area contributed by atoms with Crippen LogP contribution in [0.4, 0.5) is 0 Å². The Morgan fingerprint density at radius 2 is 1.94 bits per heavy atom. The Labute approximate surface area is 122 Å². The molecule has 0 spiro atoms. The maximum atomic E-state index is 5.97. The van der Waals surface area contributed by atoms with E-state index in [0.29, 0.717) is 15.9 Å². The third kappa shape index (κ3) is 3.17. The van der Waals surface area contributed by atoms with Gasteiger partial charge in [0.05, 0.1) is 27.3 Å². The van der Waals surface area contributed by atoms with E-state index in [1.54, 1.807) is 6.07 Å². The monoisotopic (exact) mass is 309 g/mol. The van der Waals surface area contributed by atoms with Crippen LogP contribution in [0.25, 0.3) is 0 Å². The number of alkyl halides is 1. The quantitative estimate of drug-likeness (QED) is 0.672. The summed E-state index contributed by atoms with van der Waals surface area (Å²) in [5, 5.41) is 1.12. The molecule has 0 aromatic heterocycles. The summed E-state index contributed by atoms with van der Waals surface area (Å²) in [5.74, 6) is 0.455. The molecule has 1 aliphatic heterocycles. The summed E-state index contributed by atoms with van der Waals surface area (Å²) < 4.78 is 0. The summed E-state index contributed by atoms with van der Waals surface area (Å²) in [7, 11) is 0. The first-order valence-corrected chi connectivity index (χ1v) is 6.18. The molecule has 1 nitrogen and oxygen atoms in total. The van der Waals surface area contributed by atoms with Gasteiger partial charge in [-0.2, -0.15) is 0 Å². The molecule has 0 saturated heterocycles. The van der Waals surface area contributed by atoms with Gasteiger partial charge in [0, 0.05) is 6.42 Å². The molecule has 0 saturated carbocycles. The largest absolute Gasteiger partial charge is 0.256 e. The molecule has 0 fully saturated rings. The van der Waals surface area contributed by atoms with Crippen LogP contribution >= 0.6 is 47.2 Å². The van der Waals surface area contributed by atoms with Crippen molar-refractivity contribution in [2.45, 2.75) is 13.3 Å². The molecule has 2 rings (SSSR count). The van der Waals surface area contributed by atoms with Gasteiger partial charge in [0.2, 0.25) is 0 Å². The number of nitrogens with zero attached hydrogens (tertiary/aromatic N) is 1. The van der Waals surface area contributed by atoms with E-state index in [4.69, 9.17) is 34.8 Å². The highest BCUT2D eigenvalue weighted by Crippen LogP contribution is 2.28. The molecule has 5 heteroatoms. The van der Waals surface area contributed by atoms with Gasteiger partial charge in [-0.15, -0.1) is 24.0 Å². The molecule has 0 amide bonds. The van der Waals surface area contributed by atoms with Gasteiger partial charge in [-0.3, -0.25) is 4.99 Å². The van der Waals surface area contributed by atoms with Gasteiger partial charge in [-0.1, -0.05) is 29.3 Å². The molecule has 0 N–H and O–H groups in total. The van der Waals surface area contributed by atoms with E-state index in [1.165, 1.54) is 5.57 Å². The highest BCUT2D eigenvalue weighted by atomic mass is 35.5. The first kappa shape index (κ1) is 14.8. The van der Waals surface area contributed by atoms with Crippen LogP contribution in [-0.2, 0) is 0 Å². The van der Waals surface area contributed by atoms with Gasteiger partial charge in [0.25, 0.3) is 0 Å². The standard InChI is InChI=1S/C12H10Cl3N.ClH/c1-7-4-11(16-12(7)6-13)8-2-3-9(14)10(15)5-8;/h2-3,5H,4,6H2,1H3;1H. The SMILES string of the molecule is CC1=C(CCl)N=C(c2ccc(Cl)c(Cl)c2)C1.Cl. The second-order valence-corrected chi connectivity index (χ2v) is 4.81. The molecule has 0 unspecified atom stereocenters. The second-order valence-electron chi connectivity index (χ2n) is 3.72. The molecule has 1 aromatic rings. The van der Waals surface area contributed by atoms with Gasteiger partial charge < -0.3 is 0 Å². The Bertz CT molecular complexity index is 491. The average Bonchev–Trinajstić information content (AvgIpc) is 2.64. The molecule has 17 heavy (non-hydrogen) atoms.